The average Bonchev–Trinajstić information content (AvgIpc) is 3.12. The number of phenolic OH excluding ortho intramolecular Hbond substituents is 1. The summed E-state index contributed by atoms with van der Waals surface area (Å²) >= 11 is 0. The molecular weight excluding hydrogens is 326 g/mol. The van der Waals surface area contributed by atoms with Crippen LogP contribution in [0.15, 0.2) is 18.2 Å². The third kappa shape index (κ3) is 3.40. The van der Waals surface area contributed by atoms with Crippen molar-refractivity contribution in [2.75, 3.05) is 5.73 Å². The molecule has 3 aliphatic rings. The molecule has 1 aromatic heterocycles. The minimum atomic E-state index is -0.0302. The summed E-state index contributed by atoms with van der Waals surface area (Å²) in [6.45, 7) is 2.43. The number of aromatic hydroxyl groups is 1. The maximum absolute atomic E-state index is 10.2. The van der Waals surface area contributed by atoms with Crippen molar-refractivity contribution >= 4 is 5.82 Å². The van der Waals surface area contributed by atoms with E-state index < -0.39 is 0 Å². The molecule has 138 valence electrons. The van der Waals surface area contributed by atoms with Crippen LogP contribution < -0.4 is 5.73 Å². The second kappa shape index (κ2) is 6.88. The minimum Gasteiger partial charge on any atom is -0.507 e. The minimum absolute atomic E-state index is 0.0302. The first-order valence-electron chi connectivity index (χ1n) is 9.66. The van der Waals surface area contributed by atoms with Gasteiger partial charge >= 0.3 is 0 Å². The molecule has 0 unspecified atom stereocenters. The molecule has 0 saturated heterocycles. The van der Waals surface area contributed by atoms with Crippen molar-refractivity contribution in [2.45, 2.75) is 70.5 Å². The van der Waals surface area contributed by atoms with Gasteiger partial charge in [0.2, 0.25) is 0 Å². The highest BCUT2D eigenvalue weighted by atomic mass is 16.5. The molecule has 1 spiro atoms. The van der Waals surface area contributed by atoms with Gasteiger partial charge in [-0.2, -0.15) is 0 Å². The Morgan fingerprint density at radius 2 is 1.73 bits per heavy atom. The molecule has 3 N–H and O–H groups in total. The molecule has 5 nitrogen and oxygen atoms in total. The molecule has 2 saturated carbocycles. The number of ether oxygens (including phenoxy) is 1. The van der Waals surface area contributed by atoms with E-state index in [4.69, 9.17) is 10.5 Å². The van der Waals surface area contributed by atoms with Crippen LogP contribution in [-0.4, -0.2) is 20.9 Å². The van der Waals surface area contributed by atoms with Crippen LogP contribution in [0.5, 0.6) is 5.75 Å². The Balaban J connectivity index is 0.000000292. The molecule has 2 aromatic rings. The molecule has 2 aliphatic carbocycles. The number of hydrogen-bond donors (Lipinski definition) is 2. The van der Waals surface area contributed by atoms with Crippen molar-refractivity contribution in [3.8, 4) is 17.0 Å². The van der Waals surface area contributed by atoms with Crippen LogP contribution in [0.25, 0.3) is 11.3 Å². The van der Waals surface area contributed by atoms with Crippen molar-refractivity contribution in [3.05, 3.63) is 34.9 Å². The van der Waals surface area contributed by atoms with E-state index >= 15 is 0 Å². The second-order valence-electron chi connectivity index (χ2n) is 7.83. The number of aromatic nitrogens is 2. The van der Waals surface area contributed by atoms with E-state index in [9.17, 15) is 5.11 Å². The molecule has 0 radical (unpaired) electrons. The summed E-state index contributed by atoms with van der Waals surface area (Å²) in [5.41, 5.74) is 10.3. The summed E-state index contributed by atoms with van der Waals surface area (Å²) in [5, 5.41) is 18.5. The fourth-order valence-corrected chi connectivity index (χ4v) is 3.87. The van der Waals surface area contributed by atoms with E-state index in [-0.39, 0.29) is 11.4 Å². The number of nitrogen functional groups attached to an aromatic ring is 1. The number of benzene rings is 1. The number of hydrogen-bond acceptors (Lipinski definition) is 5. The number of nitrogens with two attached hydrogens (primary N) is 1. The van der Waals surface area contributed by atoms with Crippen molar-refractivity contribution in [1.29, 1.82) is 0 Å². The zero-order valence-electron chi connectivity index (χ0n) is 15.4. The standard InChI is InChI=1S/C16H17N3O2.C5H10/c1-9-2-3-10(13(20)6-9)14-11-7-16(4-5-16)21-8-12(11)15(17)19-18-14;1-2-4-5-3-1/h2-3,6,20H,4-5,7-8H2,1H3,(H2,17,19);1-5H2. The molecule has 1 aliphatic heterocycles. The first kappa shape index (κ1) is 17.3. The first-order valence-corrected chi connectivity index (χ1v) is 9.66. The Morgan fingerprint density at radius 1 is 1.04 bits per heavy atom. The maximum atomic E-state index is 10.2. The maximum Gasteiger partial charge on any atom is 0.151 e. The molecular formula is C21H27N3O2. The smallest absolute Gasteiger partial charge is 0.151 e. The summed E-state index contributed by atoms with van der Waals surface area (Å²) in [4.78, 5) is 0. The third-order valence-corrected chi connectivity index (χ3v) is 5.70. The number of rotatable bonds is 1. The van der Waals surface area contributed by atoms with Gasteiger partial charge in [-0.15, -0.1) is 10.2 Å². The van der Waals surface area contributed by atoms with Crippen molar-refractivity contribution < 1.29 is 9.84 Å². The van der Waals surface area contributed by atoms with E-state index in [1.54, 1.807) is 6.07 Å². The summed E-state index contributed by atoms with van der Waals surface area (Å²) in [6.07, 6.45) is 10.5. The molecule has 0 atom stereocenters. The molecule has 26 heavy (non-hydrogen) atoms. The number of anilines is 1. The number of nitrogens with zero attached hydrogens (tertiary/aromatic N) is 2. The molecule has 1 aromatic carbocycles. The third-order valence-electron chi connectivity index (χ3n) is 5.70. The number of aryl methyl sites for hydroxylation is 1. The highest BCUT2D eigenvalue weighted by Gasteiger charge is 2.48. The lowest BCUT2D eigenvalue weighted by Crippen LogP contribution is -2.26. The van der Waals surface area contributed by atoms with Crippen molar-refractivity contribution in [3.63, 3.8) is 0 Å². The van der Waals surface area contributed by atoms with Crippen LogP contribution >= 0.6 is 0 Å². The lowest BCUT2D eigenvalue weighted by atomic mass is 9.93. The normalized spacial score (nSPS) is 19.6. The highest BCUT2D eigenvalue weighted by molar-refractivity contribution is 5.72. The van der Waals surface area contributed by atoms with E-state index in [1.165, 1.54) is 32.1 Å². The van der Waals surface area contributed by atoms with Crippen LogP contribution in [0.1, 0.15) is 61.6 Å². The number of phenols is 1. The van der Waals surface area contributed by atoms with Gasteiger partial charge in [0.1, 0.15) is 11.4 Å². The Kier molecular flexibility index (Phi) is 4.57. The largest absolute Gasteiger partial charge is 0.507 e. The van der Waals surface area contributed by atoms with Crippen molar-refractivity contribution in [2.24, 2.45) is 0 Å². The van der Waals surface area contributed by atoms with Gasteiger partial charge in [-0.05, 0) is 43.0 Å². The zero-order valence-corrected chi connectivity index (χ0v) is 15.4. The molecule has 2 fully saturated rings. The van der Waals surface area contributed by atoms with Crippen LogP contribution in [0, 0.1) is 6.92 Å². The van der Waals surface area contributed by atoms with Gasteiger partial charge in [0.05, 0.1) is 12.2 Å². The van der Waals surface area contributed by atoms with Crippen molar-refractivity contribution in [1.82, 2.24) is 10.2 Å². The van der Waals surface area contributed by atoms with Crippen LogP contribution in [0.4, 0.5) is 5.82 Å². The predicted octanol–water partition coefficient (Wildman–Crippen LogP) is 4.30. The van der Waals surface area contributed by atoms with E-state index in [0.717, 1.165) is 41.6 Å². The quantitative estimate of drug-likeness (QED) is 0.799. The first-order chi connectivity index (χ1) is 12.6. The van der Waals surface area contributed by atoms with Gasteiger partial charge in [-0.1, -0.05) is 38.2 Å². The highest BCUT2D eigenvalue weighted by Crippen LogP contribution is 2.49. The SMILES string of the molecule is C1CCCC1.Cc1ccc(-c2nnc(N)c3c2CC2(CC2)OC3)c(O)c1. The number of fused-ring (bicyclic) bond motifs is 1. The van der Waals surface area contributed by atoms with E-state index in [0.29, 0.717) is 18.0 Å². The van der Waals surface area contributed by atoms with Gasteiger partial charge in [-0.25, -0.2) is 0 Å². The Bertz CT molecular complexity index is 804. The van der Waals surface area contributed by atoms with Gasteiger partial charge in [0.15, 0.2) is 5.82 Å². The van der Waals surface area contributed by atoms with E-state index in [1.807, 2.05) is 19.1 Å². The summed E-state index contributed by atoms with van der Waals surface area (Å²) in [5.74, 6) is 0.656. The van der Waals surface area contributed by atoms with Crippen LogP contribution in [0.2, 0.25) is 0 Å². The lowest BCUT2D eigenvalue weighted by Gasteiger charge is -2.27. The fourth-order valence-electron chi connectivity index (χ4n) is 3.87. The molecule has 2 heterocycles. The van der Waals surface area contributed by atoms with Gasteiger partial charge < -0.3 is 15.6 Å². The summed E-state index contributed by atoms with van der Waals surface area (Å²) < 4.78 is 5.91. The van der Waals surface area contributed by atoms with Gasteiger partial charge in [0.25, 0.3) is 0 Å². The van der Waals surface area contributed by atoms with Crippen LogP contribution in [-0.2, 0) is 17.8 Å². The van der Waals surface area contributed by atoms with E-state index in [2.05, 4.69) is 10.2 Å². The van der Waals surface area contributed by atoms with Gasteiger partial charge in [-0.3, -0.25) is 0 Å². The fraction of sp³-hybridized carbons (Fsp3) is 0.524. The summed E-state index contributed by atoms with van der Waals surface area (Å²) in [6, 6.07) is 5.60. The summed E-state index contributed by atoms with van der Waals surface area (Å²) in [7, 11) is 0. The molecule has 5 heteroatoms. The average molecular weight is 353 g/mol. The Morgan fingerprint density at radius 3 is 2.35 bits per heavy atom. The zero-order chi connectivity index (χ0) is 18.1. The van der Waals surface area contributed by atoms with Gasteiger partial charge in [0, 0.05) is 17.5 Å². The molecule has 0 amide bonds. The Labute approximate surface area is 154 Å². The monoisotopic (exact) mass is 353 g/mol. The molecule has 5 rings (SSSR count). The Hall–Kier alpha value is -2.14. The topological polar surface area (TPSA) is 81.3 Å². The van der Waals surface area contributed by atoms with Crippen LogP contribution in [0.3, 0.4) is 0 Å². The lowest BCUT2D eigenvalue weighted by molar-refractivity contribution is 0.00838. The molecule has 0 bridgehead atoms. The predicted molar refractivity (Wildman–Crippen MR) is 102 cm³/mol. The second-order valence-corrected chi connectivity index (χ2v) is 7.83.